The molecule has 5 rings (SSSR count). The van der Waals surface area contributed by atoms with Crippen LogP contribution in [0.2, 0.25) is 0 Å². The standard InChI is InChI=1S/C29H30FN5/c1-19-12-13-25(30)29-28(19)23(20(2)35-29)14-15-31-26-16-27(34-18-33-26)32-17-22-10-6-7-11-24(22)21-8-4-3-5-9-21/h3-13,16,18,20,23,35H,14-15,17H2,1-2H3,(H2,31,32,33,34). The molecule has 4 aromatic rings. The summed E-state index contributed by atoms with van der Waals surface area (Å²) in [5.74, 6) is 1.62. The van der Waals surface area contributed by atoms with Crippen molar-refractivity contribution in [3.63, 3.8) is 0 Å². The van der Waals surface area contributed by atoms with Gasteiger partial charge in [0.05, 0.1) is 5.69 Å². The van der Waals surface area contributed by atoms with E-state index in [9.17, 15) is 4.39 Å². The molecule has 0 amide bonds. The molecule has 2 atom stereocenters. The zero-order valence-electron chi connectivity index (χ0n) is 20.1. The van der Waals surface area contributed by atoms with Crippen LogP contribution in [0.3, 0.4) is 0 Å². The van der Waals surface area contributed by atoms with Gasteiger partial charge in [-0.15, -0.1) is 0 Å². The third kappa shape index (κ3) is 4.97. The van der Waals surface area contributed by atoms with E-state index in [0.717, 1.165) is 35.7 Å². The Kier molecular flexibility index (Phi) is 6.62. The highest BCUT2D eigenvalue weighted by Crippen LogP contribution is 2.41. The molecule has 0 saturated carbocycles. The number of nitrogens with one attached hydrogen (secondary N) is 3. The van der Waals surface area contributed by atoms with Crippen LogP contribution in [0.1, 0.15) is 36.0 Å². The van der Waals surface area contributed by atoms with Crippen LogP contribution in [0.4, 0.5) is 21.7 Å². The van der Waals surface area contributed by atoms with E-state index in [0.29, 0.717) is 12.2 Å². The number of aryl methyl sites for hydroxylation is 1. The van der Waals surface area contributed by atoms with Crippen LogP contribution >= 0.6 is 0 Å². The summed E-state index contributed by atoms with van der Waals surface area (Å²) in [4.78, 5) is 8.77. The highest BCUT2D eigenvalue weighted by molar-refractivity contribution is 5.67. The fourth-order valence-electron chi connectivity index (χ4n) is 4.96. The van der Waals surface area contributed by atoms with Gasteiger partial charge in [-0.1, -0.05) is 60.7 Å². The Hall–Kier alpha value is -3.93. The lowest BCUT2D eigenvalue weighted by Crippen LogP contribution is -2.19. The van der Waals surface area contributed by atoms with Crippen molar-refractivity contribution < 1.29 is 4.39 Å². The lowest BCUT2D eigenvalue weighted by atomic mass is 9.89. The van der Waals surface area contributed by atoms with E-state index in [1.165, 1.54) is 16.7 Å². The zero-order chi connectivity index (χ0) is 24.2. The number of benzene rings is 3. The van der Waals surface area contributed by atoms with Crippen LogP contribution in [0.25, 0.3) is 11.1 Å². The first-order chi connectivity index (χ1) is 17.1. The summed E-state index contributed by atoms with van der Waals surface area (Å²) in [5.41, 5.74) is 6.50. The molecule has 6 heteroatoms. The molecule has 178 valence electrons. The number of anilines is 3. The first-order valence-electron chi connectivity index (χ1n) is 12.1. The third-order valence-corrected chi connectivity index (χ3v) is 6.75. The number of hydrogen-bond acceptors (Lipinski definition) is 5. The second-order valence-electron chi connectivity index (χ2n) is 9.07. The monoisotopic (exact) mass is 467 g/mol. The molecule has 3 aromatic carbocycles. The van der Waals surface area contributed by atoms with E-state index >= 15 is 0 Å². The maximum atomic E-state index is 14.3. The Bertz CT molecular complexity index is 1310. The molecule has 0 saturated heterocycles. The molecule has 5 nitrogen and oxygen atoms in total. The van der Waals surface area contributed by atoms with Crippen LogP contribution in [0.5, 0.6) is 0 Å². The largest absolute Gasteiger partial charge is 0.379 e. The first kappa shape index (κ1) is 22.8. The van der Waals surface area contributed by atoms with Gasteiger partial charge in [-0.05, 0) is 54.2 Å². The SMILES string of the molecule is Cc1ccc(F)c2c1C(CCNc1cc(NCc3ccccc3-c3ccccc3)ncn1)C(C)N2. The highest BCUT2D eigenvalue weighted by Gasteiger charge is 2.32. The minimum absolute atomic E-state index is 0.173. The van der Waals surface area contributed by atoms with Gasteiger partial charge in [-0.3, -0.25) is 0 Å². The van der Waals surface area contributed by atoms with Crippen molar-refractivity contribution in [3.05, 3.63) is 102 Å². The Morgan fingerprint density at radius 1 is 0.914 bits per heavy atom. The van der Waals surface area contributed by atoms with Gasteiger partial charge in [-0.2, -0.15) is 0 Å². The molecule has 0 radical (unpaired) electrons. The quantitative estimate of drug-likeness (QED) is 0.272. The van der Waals surface area contributed by atoms with Gasteiger partial charge in [-0.25, -0.2) is 14.4 Å². The summed E-state index contributed by atoms with van der Waals surface area (Å²) in [6.07, 6.45) is 2.45. The van der Waals surface area contributed by atoms with E-state index < -0.39 is 0 Å². The average Bonchev–Trinajstić information content (AvgIpc) is 3.23. The van der Waals surface area contributed by atoms with Crippen molar-refractivity contribution in [2.24, 2.45) is 0 Å². The minimum atomic E-state index is -0.173. The van der Waals surface area contributed by atoms with E-state index in [1.807, 2.05) is 18.2 Å². The van der Waals surface area contributed by atoms with Gasteiger partial charge in [0.1, 0.15) is 23.8 Å². The Balaban J connectivity index is 1.21. The van der Waals surface area contributed by atoms with E-state index in [2.05, 4.69) is 88.3 Å². The van der Waals surface area contributed by atoms with Crippen LogP contribution in [0, 0.1) is 12.7 Å². The molecule has 0 bridgehead atoms. The summed E-state index contributed by atoms with van der Waals surface area (Å²) in [6.45, 7) is 5.56. The topological polar surface area (TPSA) is 61.9 Å². The maximum absolute atomic E-state index is 14.3. The number of halogens is 1. The van der Waals surface area contributed by atoms with Crippen molar-refractivity contribution in [1.29, 1.82) is 0 Å². The van der Waals surface area contributed by atoms with Crippen molar-refractivity contribution in [1.82, 2.24) is 9.97 Å². The fraction of sp³-hybridized carbons (Fsp3) is 0.241. The predicted octanol–water partition coefficient (Wildman–Crippen LogP) is 6.60. The second kappa shape index (κ2) is 10.1. The van der Waals surface area contributed by atoms with E-state index in [4.69, 9.17) is 0 Å². The molecule has 35 heavy (non-hydrogen) atoms. The maximum Gasteiger partial charge on any atom is 0.146 e. The van der Waals surface area contributed by atoms with Gasteiger partial charge in [0, 0.05) is 31.1 Å². The normalized spacial score (nSPS) is 16.4. The third-order valence-electron chi connectivity index (χ3n) is 6.75. The van der Waals surface area contributed by atoms with Gasteiger partial charge in [0.15, 0.2) is 0 Å². The smallest absolute Gasteiger partial charge is 0.146 e. The summed E-state index contributed by atoms with van der Waals surface area (Å²) < 4.78 is 14.3. The molecule has 0 spiro atoms. The molecule has 1 aromatic heterocycles. The van der Waals surface area contributed by atoms with Crippen LogP contribution < -0.4 is 16.0 Å². The van der Waals surface area contributed by atoms with Gasteiger partial charge in [0.2, 0.25) is 0 Å². The number of fused-ring (bicyclic) bond motifs is 1. The van der Waals surface area contributed by atoms with Crippen molar-refractivity contribution in [3.8, 4) is 11.1 Å². The first-order valence-corrected chi connectivity index (χ1v) is 12.1. The molecular formula is C29H30FN5. The lowest BCUT2D eigenvalue weighted by molar-refractivity contribution is 0.596. The number of rotatable bonds is 8. The summed E-state index contributed by atoms with van der Waals surface area (Å²) >= 11 is 0. The molecule has 1 aliphatic rings. The van der Waals surface area contributed by atoms with Crippen LogP contribution in [-0.4, -0.2) is 22.6 Å². The predicted molar refractivity (Wildman–Crippen MR) is 141 cm³/mol. The Morgan fingerprint density at radius 3 is 2.49 bits per heavy atom. The van der Waals surface area contributed by atoms with E-state index in [1.54, 1.807) is 12.4 Å². The minimum Gasteiger partial charge on any atom is -0.379 e. The molecule has 0 aliphatic carbocycles. The lowest BCUT2D eigenvalue weighted by Gasteiger charge is -2.18. The molecular weight excluding hydrogens is 437 g/mol. The Labute approximate surface area is 205 Å². The van der Waals surface area contributed by atoms with Crippen LogP contribution in [-0.2, 0) is 6.54 Å². The molecule has 3 N–H and O–H groups in total. The second-order valence-corrected chi connectivity index (χ2v) is 9.07. The number of hydrogen-bond donors (Lipinski definition) is 3. The molecule has 0 fully saturated rings. The summed E-state index contributed by atoms with van der Waals surface area (Å²) in [7, 11) is 0. The Morgan fingerprint density at radius 2 is 1.66 bits per heavy atom. The summed E-state index contributed by atoms with van der Waals surface area (Å²) in [6, 6.07) is 24.3. The zero-order valence-corrected chi connectivity index (χ0v) is 20.1. The van der Waals surface area contributed by atoms with Crippen LogP contribution in [0.15, 0.2) is 79.1 Å². The van der Waals surface area contributed by atoms with Crippen molar-refractivity contribution >= 4 is 17.3 Å². The number of nitrogens with zero attached hydrogens (tertiary/aromatic N) is 2. The average molecular weight is 468 g/mol. The van der Waals surface area contributed by atoms with Crippen molar-refractivity contribution in [2.75, 3.05) is 22.5 Å². The highest BCUT2D eigenvalue weighted by atomic mass is 19.1. The fourth-order valence-corrected chi connectivity index (χ4v) is 4.96. The number of aromatic nitrogens is 2. The molecule has 1 aliphatic heterocycles. The molecule has 2 heterocycles. The van der Waals surface area contributed by atoms with Gasteiger partial charge in [0.25, 0.3) is 0 Å². The summed E-state index contributed by atoms with van der Waals surface area (Å²) in [5, 5.41) is 10.2. The van der Waals surface area contributed by atoms with Gasteiger partial charge >= 0.3 is 0 Å². The molecule has 2 unspecified atom stereocenters. The van der Waals surface area contributed by atoms with Gasteiger partial charge < -0.3 is 16.0 Å². The van der Waals surface area contributed by atoms with E-state index in [-0.39, 0.29) is 17.8 Å². The van der Waals surface area contributed by atoms with Crippen molar-refractivity contribution in [2.45, 2.75) is 38.8 Å².